The third-order valence-corrected chi connectivity index (χ3v) is 2.15. The minimum Gasteiger partial charge on any atom is -0.444 e. The predicted octanol–water partition coefficient (Wildman–Crippen LogP) is 0.888. The summed E-state index contributed by atoms with van der Waals surface area (Å²) in [5.41, 5.74) is -0.454. The van der Waals surface area contributed by atoms with Gasteiger partial charge in [-0.05, 0) is 27.7 Å². The Bertz CT molecular complexity index is 230. The van der Waals surface area contributed by atoms with Crippen molar-refractivity contribution in [3.8, 4) is 0 Å². The van der Waals surface area contributed by atoms with Gasteiger partial charge in [-0.3, -0.25) is 0 Å². The van der Waals surface area contributed by atoms with E-state index in [1.54, 1.807) is 0 Å². The highest BCUT2D eigenvalue weighted by molar-refractivity contribution is 5.67. The topological polar surface area (TPSA) is 59.6 Å². The molecule has 0 aromatic heterocycles. The molecular formula is C11H22N2O3. The highest BCUT2D eigenvalue weighted by Crippen LogP contribution is 2.06. The van der Waals surface area contributed by atoms with Gasteiger partial charge < -0.3 is 20.1 Å². The lowest BCUT2D eigenvalue weighted by molar-refractivity contribution is 0.00458. The van der Waals surface area contributed by atoms with Gasteiger partial charge in [0.1, 0.15) is 5.60 Å². The molecule has 0 radical (unpaired) electrons. The van der Waals surface area contributed by atoms with Crippen LogP contribution in [0.4, 0.5) is 4.79 Å². The number of alkyl carbamates (subject to hydrolysis) is 1. The maximum atomic E-state index is 11.4. The van der Waals surface area contributed by atoms with Gasteiger partial charge >= 0.3 is 6.09 Å². The third kappa shape index (κ3) is 5.32. The maximum absolute atomic E-state index is 11.4. The van der Waals surface area contributed by atoms with E-state index >= 15 is 0 Å². The number of rotatable bonds is 2. The molecule has 1 aliphatic heterocycles. The molecule has 0 aromatic rings. The summed E-state index contributed by atoms with van der Waals surface area (Å²) in [7, 11) is 0. The van der Waals surface area contributed by atoms with Gasteiger partial charge in [0, 0.05) is 19.1 Å². The summed E-state index contributed by atoms with van der Waals surface area (Å²) in [6.45, 7) is 9.51. The van der Waals surface area contributed by atoms with Gasteiger partial charge in [-0.2, -0.15) is 0 Å². The van der Waals surface area contributed by atoms with Crippen LogP contribution in [0.3, 0.4) is 0 Å². The Morgan fingerprint density at radius 1 is 1.56 bits per heavy atom. The molecule has 94 valence electrons. The first kappa shape index (κ1) is 13.3. The maximum Gasteiger partial charge on any atom is 0.407 e. The zero-order valence-electron chi connectivity index (χ0n) is 10.5. The predicted molar refractivity (Wildman–Crippen MR) is 61.4 cm³/mol. The monoisotopic (exact) mass is 230 g/mol. The van der Waals surface area contributed by atoms with E-state index in [2.05, 4.69) is 17.6 Å². The van der Waals surface area contributed by atoms with Crippen molar-refractivity contribution >= 4 is 6.09 Å². The van der Waals surface area contributed by atoms with Crippen LogP contribution in [0.2, 0.25) is 0 Å². The van der Waals surface area contributed by atoms with Crippen LogP contribution >= 0.6 is 0 Å². The molecule has 1 rings (SSSR count). The first-order valence-corrected chi connectivity index (χ1v) is 5.68. The van der Waals surface area contributed by atoms with Gasteiger partial charge in [-0.25, -0.2) is 4.79 Å². The molecule has 1 heterocycles. The first-order chi connectivity index (χ1) is 7.37. The van der Waals surface area contributed by atoms with Gasteiger partial charge in [0.25, 0.3) is 0 Å². The normalized spacial score (nSPS) is 26.2. The Kier molecular flexibility index (Phi) is 4.56. The molecule has 2 atom stereocenters. The summed E-state index contributed by atoms with van der Waals surface area (Å²) in [4.78, 5) is 11.4. The molecule has 2 N–H and O–H groups in total. The second-order valence-electron chi connectivity index (χ2n) is 5.15. The van der Waals surface area contributed by atoms with Gasteiger partial charge in [-0.1, -0.05) is 0 Å². The van der Waals surface area contributed by atoms with Crippen LogP contribution in [0.15, 0.2) is 0 Å². The van der Waals surface area contributed by atoms with Gasteiger partial charge in [0.15, 0.2) is 0 Å². The van der Waals surface area contributed by atoms with Crippen LogP contribution in [-0.4, -0.2) is 43.5 Å². The molecule has 5 nitrogen and oxygen atoms in total. The minimum atomic E-state index is -0.454. The number of ether oxygens (including phenoxy) is 2. The minimum absolute atomic E-state index is 0.0312. The molecular weight excluding hydrogens is 208 g/mol. The number of hydrogen-bond acceptors (Lipinski definition) is 4. The van der Waals surface area contributed by atoms with Crippen molar-refractivity contribution in [2.75, 3.05) is 19.7 Å². The lowest BCUT2D eigenvalue weighted by Crippen LogP contribution is -2.49. The van der Waals surface area contributed by atoms with E-state index in [1.165, 1.54) is 0 Å². The van der Waals surface area contributed by atoms with E-state index in [1.807, 2.05) is 20.8 Å². The fourth-order valence-corrected chi connectivity index (χ4v) is 1.37. The summed E-state index contributed by atoms with van der Waals surface area (Å²) in [5.74, 6) is 0. The lowest BCUT2D eigenvalue weighted by Gasteiger charge is -2.28. The number of carbonyl (C=O) groups excluding carboxylic acids is 1. The second-order valence-corrected chi connectivity index (χ2v) is 5.15. The largest absolute Gasteiger partial charge is 0.444 e. The van der Waals surface area contributed by atoms with Crippen LogP contribution in [0.1, 0.15) is 27.7 Å². The molecule has 5 heteroatoms. The number of carbonyl (C=O) groups is 1. The van der Waals surface area contributed by atoms with E-state index < -0.39 is 11.7 Å². The van der Waals surface area contributed by atoms with E-state index in [0.29, 0.717) is 19.2 Å². The molecule has 1 aliphatic rings. The summed E-state index contributed by atoms with van der Waals surface area (Å²) in [6.07, 6.45) is -0.363. The molecule has 0 aromatic carbocycles. The summed E-state index contributed by atoms with van der Waals surface area (Å²) in [5, 5.41) is 5.98. The van der Waals surface area contributed by atoms with E-state index in [0.717, 1.165) is 6.54 Å². The van der Waals surface area contributed by atoms with Crippen LogP contribution in [0.25, 0.3) is 0 Å². The molecule has 1 fully saturated rings. The van der Waals surface area contributed by atoms with Crippen molar-refractivity contribution in [3.05, 3.63) is 0 Å². The molecule has 0 spiro atoms. The highest BCUT2D eigenvalue weighted by atomic mass is 16.6. The Morgan fingerprint density at radius 2 is 2.25 bits per heavy atom. The highest BCUT2D eigenvalue weighted by Gasteiger charge is 2.20. The van der Waals surface area contributed by atoms with Gasteiger partial charge in [-0.15, -0.1) is 0 Å². The molecule has 1 saturated heterocycles. The number of amides is 1. The van der Waals surface area contributed by atoms with Gasteiger partial charge in [0.05, 0.1) is 12.7 Å². The van der Waals surface area contributed by atoms with Crippen LogP contribution < -0.4 is 10.6 Å². The average Bonchev–Trinajstić information content (AvgIpc) is 2.14. The Labute approximate surface area is 96.9 Å². The third-order valence-electron chi connectivity index (χ3n) is 2.15. The Balaban J connectivity index is 2.17. The van der Waals surface area contributed by atoms with E-state index in [4.69, 9.17) is 9.47 Å². The lowest BCUT2D eigenvalue weighted by atomic mass is 10.2. The summed E-state index contributed by atoms with van der Waals surface area (Å²) >= 11 is 0. The SMILES string of the molecule is CC1CO[C@@H](CNC(=O)OC(C)(C)C)CN1. The van der Waals surface area contributed by atoms with Crippen molar-refractivity contribution in [1.29, 1.82) is 0 Å². The van der Waals surface area contributed by atoms with Crippen molar-refractivity contribution < 1.29 is 14.3 Å². The number of hydrogen-bond donors (Lipinski definition) is 2. The standard InChI is InChI=1S/C11H22N2O3/c1-8-7-15-9(5-12-8)6-13-10(14)16-11(2,3)4/h8-9,12H,5-7H2,1-4H3,(H,13,14)/t8?,9-/m1/s1. The summed E-state index contributed by atoms with van der Waals surface area (Å²) < 4.78 is 10.7. The van der Waals surface area contributed by atoms with E-state index in [-0.39, 0.29) is 6.10 Å². The molecule has 1 amide bonds. The first-order valence-electron chi connectivity index (χ1n) is 5.68. The van der Waals surface area contributed by atoms with Crippen LogP contribution in [0.5, 0.6) is 0 Å². The quantitative estimate of drug-likeness (QED) is 0.739. The number of nitrogens with one attached hydrogen (secondary N) is 2. The van der Waals surface area contributed by atoms with Crippen LogP contribution in [-0.2, 0) is 9.47 Å². The molecule has 1 unspecified atom stereocenters. The average molecular weight is 230 g/mol. The molecule has 16 heavy (non-hydrogen) atoms. The second kappa shape index (κ2) is 5.50. The Hall–Kier alpha value is -0.810. The fraction of sp³-hybridized carbons (Fsp3) is 0.909. The zero-order valence-corrected chi connectivity index (χ0v) is 10.5. The molecule has 0 bridgehead atoms. The van der Waals surface area contributed by atoms with Crippen molar-refractivity contribution in [2.45, 2.75) is 45.4 Å². The van der Waals surface area contributed by atoms with Crippen molar-refractivity contribution in [1.82, 2.24) is 10.6 Å². The molecule has 0 aliphatic carbocycles. The smallest absolute Gasteiger partial charge is 0.407 e. The van der Waals surface area contributed by atoms with Crippen LogP contribution in [0, 0.1) is 0 Å². The van der Waals surface area contributed by atoms with Gasteiger partial charge in [0.2, 0.25) is 0 Å². The zero-order chi connectivity index (χ0) is 12.2. The number of morpholine rings is 1. The van der Waals surface area contributed by atoms with Crippen molar-refractivity contribution in [2.24, 2.45) is 0 Å². The Morgan fingerprint density at radius 3 is 2.75 bits per heavy atom. The van der Waals surface area contributed by atoms with Crippen molar-refractivity contribution in [3.63, 3.8) is 0 Å². The molecule has 0 saturated carbocycles. The fourth-order valence-electron chi connectivity index (χ4n) is 1.37. The van der Waals surface area contributed by atoms with E-state index in [9.17, 15) is 4.79 Å². The summed E-state index contributed by atoms with van der Waals surface area (Å²) in [6, 6.07) is 0.387.